The van der Waals surface area contributed by atoms with E-state index in [-0.39, 0.29) is 29.6 Å². The molecule has 6 aromatic heterocycles. The van der Waals surface area contributed by atoms with Crippen molar-refractivity contribution < 1.29 is 31.4 Å². The number of aromatic nitrogens is 8. The molecule has 0 spiro atoms. The molecule has 0 bridgehead atoms. The molecule has 3 fully saturated rings. The van der Waals surface area contributed by atoms with Crippen LogP contribution in [0.3, 0.4) is 0 Å². The zero-order valence-corrected chi connectivity index (χ0v) is 40.9. The van der Waals surface area contributed by atoms with Crippen LogP contribution in [0.2, 0.25) is 0 Å². The Morgan fingerprint density at radius 1 is 0.690 bits per heavy atom. The number of rotatable bonds is 8. The minimum absolute atomic E-state index is 0.0538. The molecule has 0 radical (unpaired) electrons. The number of alkyl halides is 3. The molecule has 0 amide bonds. The average molecular weight is 973 g/mol. The predicted molar refractivity (Wildman–Crippen MR) is 264 cm³/mol. The van der Waals surface area contributed by atoms with Crippen LogP contribution in [-0.2, 0) is 15.7 Å². The second-order valence-electron chi connectivity index (χ2n) is 17.9. The lowest BCUT2D eigenvalue weighted by Gasteiger charge is -2.30. The number of fused-ring (bicyclic) bond motifs is 2. The maximum Gasteiger partial charge on any atom is 0.433 e. The number of aliphatic imine (C=N–C) groups is 1. The highest BCUT2D eigenvalue weighted by Gasteiger charge is 2.33. The van der Waals surface area contributed by atoms with E-state index in [1.165, 1.54) is 24.4 Å². The number of nitrogens with zero attached hydrogens (tertiary/aromatic N) is 9. The lowest BCUT2D eigenvalue weighted by molar-refractivity contribution is -0.141. The second kappa shape index (κ2) is 21.7. The van der Waals surface area contributed by atoms with Crippen LogP contribution in [0.1, 0.15) is 121 Å². The van der Waals surface area contributed by atoms with Crippen molar-refractivity contribution in [2.24, 2.45) is 10.7 Å². The molecule has 2 saturated heterocycles. The fourth-order valence-electron chi connectivity index (χ4n) is 8.70. The van der Waals surface area contributed by atoms with Gasteiger partial charge in [0.25, 0.3) is 0 Å². The average Bonchev–Trinajstić information content (AvgIpc) is 4.20. The Balaban J connectivity index is 0.000000184. The number of benzene rings is 1. The first-order valence-corrected chi connectivity index (χ1v) is 24.0. The first-order chi connectivity index (χ1) is 34.1. The molecule has 4 atom stereocenters. The van der Waals surface area contributed by atoms with Crippen LogP contribution in [0, 0.1) is 46.3 Å². The van der Waals surface area contributed by atoms with Gasteiger partial charge in [0.15, 0.2) is 0 Å². The number of nitrogens with two attached hydrogens (primary N) is 1. The number of hydrogen-bond acceptors (Lipinski definition) is 12. The van der Waals surface area contributed by atoms with Crippen LogP contribution in [0.25, 0.3) is 44.6 Å². The van der Waals surface area contributed by atoms with Gasteiger partial charge in [-0.2, -0.15) is 13.2 Å². The third kappa shape index (κ3) is 11.7. The van der Waals surface area contributed by atoms with E-state index in [2.05, 4.69) is 24.9 Å². The minimum atomic E-state index is -4.51. The molecule has 4 unspecified atom stereocenters. The van der Waals surface area contributed by atoms with Gasteiger partial charge in [0, 0.05) is 89.7 Å². The summed E-state index contributed by atoms with van der Waals surface area (Å²) in [6, 6.07) is 14.1. The molecule has 10 rings (SSSR count). The third-order valence-electron chi connectivity index (χ3n) is 12.9. The van der Waals surface area contributed by atoms with Crippen molar-refractivity contribution in [1.82, 2.24) is 39.9 Å². The van der Waals surface area contributed by atoms with Gasteiger partial charge in [0.1, 0.15) is 34.1 Å². The second-order valence-corrected chi connectivity index (χ2v) is 17.9. The number of aryl methyl sites for hydroxylation is 5. The van der Waals surface area contributed by atoms with Crippen molar-refractivity contribution in [3.05, 3.63) is 142 Å². The Hall–Kier alpha value is -6.72. The largest absolute Gasteiger partial charge is 0.433 e. The Labute approximate surface area is 409 Å². The smallest absolute Gasteiger partial charge is 0.404 e. The van der Waals surface area contributed by atoms with Crippen molar-refractivity contribution in [3.63, 3.8) is 0 Å². The van der Waals surface area contributed by atoms with Gasteiger partial charge in [-0.05, 0) is 127 Å². The molecule has 17 heteroatoms. The summed E-state index contributed by atoms with van der Waals surface area (Å²) in [7, 11) is 0. The molecule has 2 aliphatic heterocycles. The molecular formula is C54H57F5N10O2. The van der Waals surface area contributed by atoms with Gasteiger partial charge in [-0.3, -0.25) is 19.9 Å². The van der Waals surface area contributed by atoms with E-state index in [0.717, 1.165) is 95.2 Å². The fraction of sp³-hybridized carbons (Fsp3) is 0.389. The standard InChI is InChI=1S/C26H24F3N5O.C26H27F2N5O.C2H6/c1-14-10-18(6-8-30-14)22-11-17(7-9-35-22)20-12-21-25(33-16(3)15(2)32-21)24(34-20)19-4-5-23(31-13-19)26(27,28)29;1-14-15(2)32-26-23(31-14)11-22(33-25(26)20-6-3-18(27)10-21(20)28)16-7-8-34-24(9-16)17(12-29)13-30-19-4-5-19;1-2/h4-6,8,10,12-13,17,22H,7,9,11H2,1-3H3;3,6,10-13,16,19,24H,4-5,7-9,29H2,1-2H3;1-2H3/b;17-12+,30-13?;. The molecule has 12 nitrogen and oxygen atoms in total. The zero-order valence-electron chi connectivity index (χ0n) is 40.9. The van der Waals surface area contributed by atoms with Crippen LogP contribution in [0.15, 0.2) is 83.8 Å². The molecule has 2 N–H and O–H groups in total. The quantitative estimate of drug-likeness (QED) is 0.114. The van der Waals surface area contributed by atoms with Crippen LogP contribution in [-0.4, -0.2) is 71.4 Å². The molecule has 370 valence electrons. The number of pyridine rings is 4. The SMILES string of the molecule is CC.Cc1cc(C2CC(c3cc4nc(C)c(C)nc4c(-c4ccc(C(F)(F)F)nc4)n3)CCO2)ccn1.Cc1nc2cc(C3CCOC(/C(C=NC4CC4)=C/N)C3)nc(-c3ccc(F)cc3F)c2nc1C. The topological polar surface area (TPSA) is 160 Å². The van der Waals surface area contributed by atoms with Gasteiger partial charge in [-0.1, -0.05) is 13.8 Å². The summed E-state index contributed by atoms with van der Waals surface area (Å²) in [4.78, 5) is 41.0. The van der Waals surface area contributed by atoms with Crippen molar-refractivity contribution in [2.45, 2.75) is 123 Å². The van der Waals surface area contributed by atoms with Crippen LogP contribution in [0.5, 0.6) is 0 Å². The maximum atomic E-state index is 14.8. The van der Waals surface area contributed by atoms with Crippen molar-refractivity contribution in [1.29, 1.82) is 0 Å². The fourth-order valence-corrected chi connectivity index (χ4v) is 8.70. The predicted octanol–water partition coefficient (Wildman–Crippen LogP) is 12.0. The van der Waals surface area contributed by atoms with Crippen LogP contribution in [0.4, 0.5) is 22.0 Å². The van der Waals surface area contributed by atoms with E-state index in [1.807, 2.05) is 78.9 Å². The van der Waals surface area contributed by atoms with Gasteiger partial charge in [0.05, 0.1) is 57.8 Å². The van der Waals surface area contributed by atoms with E-state index >= 15 is 0 Å². The minimum Gasteiger partial charge on any atom is -0.404 e. The molecule has 1 aliphatic carbocycles. The Kier molecular flexibility index (Phi) is 15.5. The lowest BCUT2D eigenvalue weighted by atomic mass is 9.88. The van der Waals surface area contributed by atoms with Crippen LogP contribution < -0.4 is 5.73 Å². The molecule has 71 heavy (non-hydrogen) atoms. The number of ether oxygens (including phenoxy) is 2. The highest BCUT2D eigenvalue weighted by molar-refractivity contribution is 5.91. The van der Waals surface area contributed by atoms with E-state index in [4.69, 9.17) is 35.1 Å². The molecule has 1 saturated carbocycles. The maximum absolute atomic E-state index is 14.8. The lowest BCUT2D eigenvalue weighted by Crippen LogP contribution is -2.28. The van der Waals surface area contributed by atoms with Crippen molar-refractivity contribution in [3.8, 4) is 22.5 Å². The highest BCUT2D eigenvalue weighted by atomic mass is 19.4. The zero-order chi connectivity index (χ0) is 50.6. The summed E-state index contributed by atoms with van der Waals surface area (Å²) in [6.07, 6.45) is 6.75. The van der Waals surface area contributed by atoms with Gasteiger partial charge in [0.2, 0.25) is 0 Å². The summed E-state index contributed by atoms with van der Waals surface area (Å²) in [6.45, 7) is 14.5. The summed E-state index contributed by atoms with van der Waals surface area (Å²) < 4.78 is 79.7. The summed E-state index contributed by atoms with van der Waals surface area (Å²) in [5.41, 5.74) is 16.4. The van der Waals surface area contributed by atoms with E-state index in [1.54, 1.807) is 12.4 Å². The summed E-state index contributed by atoms with van der Waals surface area (Å²) in [5.74, 6) is -1.17. The normalized spacial score (nSPS) is 19.6. The van der Waals surface area contributed by atoms with Gasteiger partial charge in [-0.25, -0.2) is 33.7 Å². The third-order valence-corrected chi connectivity index (χ3v) is 12.9. The number of hydrogen-bond donors (Lipinski definition) is 1. The molecule has 7 aromatic rings. The van der Waals surface area contributed by atoms with E-state index in [9.17, 15) is 22.0 Å². The molecule has 3 aliphatic rings. The van der Waals surface area contributed by atoms with E-state index < -0.39 is 23.5 Å². The summed E-state index contributed by atoms with van der Waals surface area (Å²) >= 11 is 0. The monoisotopic (exact) mass is 972 g/mol. The molecular weight excluding hydrogens is 916 g/mol. The van der Waals surface area contributed by atoms with E-state index in [0.29, 0.717) is 64.7 Å². The molecule has 1 aromatic carbocycles. The van der Waals surface area contributed by atoms with Crippen LogP contribution >= 0.6 is 0 Å². The first-order valence-electron chi connectivity index (χ1n) is 24.0. The van der Waals surface area contributed by atoms with Crippen molar-refractivity contribution >= 4 is 28.3 Å². The van der Waals surface area contributed by atoms with Gasteiger partial charge < -0.3 is 15.2 Å². The first kappa shape index (κ1) is 50.7. The Bertz CT molecular complexity index is 3110. The number of halogens is 5. The Morgan fingerprint density at radius 3 is 1.90 bits per heavy atom. The summed E-state index contributed by atoms with van der Waals surface area (Å²) in [5, 5.41) is 0. The van der Waals surface area contributed by atoms with Crippen molar-refractivity contribution in [2.75, 3.05) is 13.2 Å². The highest BCUT2D eigenvalue weighted by Crippen LogP contribution is 2.40. The van der Waals surface area contributed by atoms with Gasteiger partial charge in [-0.15, -0.1) is 0 Å². The molecule has 8 heterocycles. The Morgan fingerprint density at radius 2 is 1.31 bits per heavy atom. The van der Waals surface area contributed by atoms with Gasteiger partial charge >= 0.3 is 6.18 Å².